The molecule has 11 heteroatoms. The van der Waals surface area contributed by atoms with Gasteiger partial charge in [-0.3, -0.25) is 9.59 Å². The maximum Gasteiger partial charge on any atom is 0.306 e. The first-order chi connectivity index (χ1) is 45.7. The number of nitrogens with one attached hydrogen (secondary N) is 1. The summed E-state index contributed by atoms with van der Waals surface area (Å²) in [5, 5.41) is 57.4. The van der Waals surface area contributed by atoms with Gasteiger partial charge in [-0.2, -0.15) is 0 Å². The Morgan fingerprint density at radius 1 is 0.430 bits per heavy atom. The number of carbonyl (C=O) groups excluding carboxylic acids is 2. The van der Waals surface area contributed by atoms with Crippen LogP contribution in [0.25, 0.3) is 0 Å². The summed E-state index contributed by atoms with van der Waals surface area (Å²) >= 11 is 0. The summed E-state index contributed by atoms with van der Waals surface area (Å²) in [4.78, 5) is 26.8. The van der Waals surface area contributed by atoms with Gasteiger partial charge >= 0.3 is 5.97 Å². The van der Waals surface area contributed by atoms with Crippen LogP contribution in [-0.4, -0.2) is 99.6 Å². The monoisotopic (exact) mass is 1300 g/mol. The topological polar surface area (TPSA) is 175 Å². The second kappa shape index (κ2) is 68.0. The van der Waals surface area contributed by atoms with Crippen LogP contribution < -0.4 is 5.32 Å². The molecule has 0 aromatic heterocycles. The second-order valence-corrected chi connectivity index (χ2v) is 26.0. The van der Waals surface area contributed by atoms with Crippen LogP contribution in [0.2, 0.25) is 0 Å². The number of allylic oxidation sites excluding steroid dienone is 19. The van der Waals surface area contributed by atoms with Crippen LogP contribution in [0.3, 0.4) is 0 Å². The molecule has 0 aromatic rings. The lowest BCUT2D eigenvalue weighted by Gasteiger charge is -2.41. The Balaban J connectivity index is 2.56. The molecule has 11 nitrogen and oxygen atoms in total. The normalized spacial score (nSPS) is 18.6. The smallest absolute Gasteiger partial charge is 0.306 e. The lowest BCUT2D eigenvalue weighted by Crippen LogP contribution is -2.61. The number of esters is 1. The zero-order chi connectivity index (χ0) is 67.4. The lowest BCUT2D eigenvalue weighted by atomic mass is 9.99. The first-order valence-corrected chi connectivity index (χ1v) is 38.3. The van der Waals surface area contributed by atoms with E-state index < -0.39 is 67.4 Å². The second-order valence-electron chi connectivity index (χ2n) is 26.0. The molecular weight excluding hydrogens is 1160 g/mol. The molecule has 93 heavy (non-hydrogen) atoms. The average Bonchev–Trinajstić information content (AvgIpc) is 0.910. The molecule has 1 aliphatic heterocycles. The van der Waals surface area contributed by atoms with Crippen molar-refractivity contribution in [2.75, 3.05) is 13.2 Å². The highest BCUT2D eigenvalue weighted by molar-refractivity contribution is 5.80. The maximum absolute atomic E-state index is 13.5. The van der Waals surface area contributed by atoms with E-state index in [4.69, 9.17) is 14.2 Å². The van der Waals surface area contributed by atoms with Crippen molar-refractivity contribution in [1.29, 1.82) is 0 Å². The zero-order valence-corrected chi connectivity index (χ0v) is 59.6. The molecule has 0 saturated carbocycles. The molecule has 0 aliphatic carbocycles. The van der Waals surface area contributed by atoms with Crippen molar-refractivity contribution in [3.63, 3.8) is 0 Å². The van der Waals surface area contributed by atoms with Crippen molar-refractivity contribution in [2.24, 2.45) is 0 Å². The van der Waals surface area contributed by atoms with E-state index in [0.717, 1.165) is 135 Å². The Hall–Kier alpha value is -3.94. The molecular formula is C82H141NO10. The van der Waals surface area contributed by atoms with E-state index in [2.05, 4.69) is 135 Å². The van der Waals surface area contributed by atoms with Crippen LogP contribution in [0.5, 0.6) is 0 Å². The van der Waals surface area contributed by atoms with Gasteiger partial charge in [0, 0.05) is 6.42 Å². The predicted octanol–water partition coefficient (Wildman–Crippen LogP) is 20.5. The van der Waals surface area contributed by atoms with Crippen molar-refractivity contribution in [3.8, 4) is 0 Å². The van der Waals surface area contributed by atoms with E-state index in [1.165, 1.54) is 141 Å². The molecule has 0 radical (unpaired) electrons. The Bertz CT molecular complexity index is 1980. The molecule has 1 rings (SSSR count). The molecule has 0 spiro atoms. The van der Waals surface area contributed by atoms with Crippen LogP contribution in [-0.2, 0) is 23.8 Å². The van der Waals surface area contributed by atoms with Gasteiger partial charge in [-0.1, -0.05) is 322 Å². The number of hydrogen-bond donors (Lipinski definition) is 6. The number of rotatable bonds is 65. The Kier molecular flexibility index (Phi) is 63.7. The fourth-order valence-electron chi connectivity index (χ4n) is 11.4. The highest BCUT2D eigenvalue weighted by atomic mass is 16.7. The molecule has 1 fully saturated rings. The van der Waals surface area contributed by atoms with Gasteiger partial charge in [0.05, 0.1) is 25.4 Å². The summed E-state index contributed by atoms with van der Waals surface area (Å²) in [6.07, 6.45) is 85.1. The summed E-state index contributed by atoms with van der Waals surface area (Å²) in [6, 6.07) is -1.04. The largest absolute Gasteiger partial charge is 0.454 e. The van der Waals surface area contributed by atoms with Gasteiger partial charge in [-0.05, 0) is 116 Å². The molecule has 1 heterocycles. The number of aliphatic hydroxyl groups excluding tert-OH is 5. The van der Waals surface area contributed by atoms with Crippen molar-refractivity contribution >= 4 is 11.9 Å². The molecule has 1 aliphatic rings. The number of unbranched alkanes of at least 4 members (excludes halogenated alkanes) is 33. The van der Waals surface area contributed by atoms with Crippen molar-refractivity contribution < 1.29 is 49.3 Å². The summed E-state index contributed by atoms with van der Waals surface area (Å²) in [6.45, 7) is 5.68. The molecule has 0 bridgehead atoms. The van der Waals surface area contributed by atoms with E-state index in [1.807, 2.05) is 6.08 Å². The third-order valence-corrected chi connectivity index (χ3v) is 17.3. The third-order valence-electron chi connectivity index (χ3n) is 17.3. The molecule has 1 amide bonds. The van der Waals surface area contributed by atoms with E-state index in [1.54, 1.807) is 6.08 Å². The fraction of sp³-hybridized carbons (Fsp3) is 0.732. The highest BCUT2D eigenvalue weighted by Gasteiger charge is 2.47. The van der Waals surface area contributed by atoms with Crippen LogP contribution in [0.1, 0.15) is 323 Å². The van der Waals surface area contributed by atoms with E-state index in [-0.39, 0.29) is 19.4 Å². The Labute approximate surface area is 570 Å². The number of amides is 1. The van der Waals surface area contributed by atoms with Crippen LogP contribution in [0.15, 0.2) is 122 Å². The number of aliphatic hydroxyl groups is 5. The van der Waals surface area contributed by atoms with Gasteiger partial charge in [0.1, 0.15) is 24.4 Å². The Morgan fingerprint density at radius 3 is 1.18 bits per heavy atom. The SMILES string of the molecule is CC/C=C\C/C=C\C/C=C\C/C=C\C/C=C\C/C=C\CCCCCCCCCC(O)C(=O)NC(COC1OC(CO)C(O)C(O)C1OC(=O)CCCCCCCCCCCCCC/C=C\C/C=C\C/C=C\CCCCC)C(O)/C=C/CCCCCCCCCCCCC. The van der Waals surface area contributed by atoms with Crippen molar-refractivity contribution in [3.05, 3.63) is 122 Å². The summed E-state index contributed by atoms with van der Waals surface area (Å²) in [5.41, 5.74) is 0. The minimum Gasteiger partial charge on any atom is -0.454 e. The van der Waals surface area contributed by atoms with Crippen molar-refractivity contribution in [1.82, 2.24) is 5.32 Å². The van der Waals surface area contributed by atoms with E-state index >= 15 is 0 Å². The average molecular weight is 1300 g/mol. The van der Waals surface area contributed by atoms with Gasteiger partial charge in [0.15, 0.2) is 12.4 Å². The summed E-state index contributed by atoms with van der Waals surface area (Å²) < 4.78 is 17.7. The van der Waals surface area contributed by atoms with Crippen LogP contribution >= 0.6 is 0 Å². The van der Waals surface area contributed by atoms with E-state index in [9.17, 15) is 35.1 Å². The molecule has 6 N–H and O–H groups in total. The Morgan fingerprint density at radius 2 is 0.774 bits per heavy atom. The van der Waals surface area contributed by atoms with Gasteiger partial charge in [-0.25, -0.2) is 0 Å². The highest BCUT2D eigenvalue weighted by Crippen LogP contribution is 2.26. The third kappa shape index (κ3) is 54.8. The van der Waals surface area contributed by atoms with Gasteiger partial charge in [0.2, 0.25) is 5.91 Å². The minimum absolute atomic E-state index is 0.115. The molecule has 534 valence electrons. The quantitative estimate of drug-likeness (QED) is 0.0195. The molecule has 8 unspecified atom stereocenters. The van der Waals surface area contributed by atoms with Crippen LogP contribution in [0.4, 0.5) is 0 Å². The lowest BCUT2D eigenvalue weighted by molar-refractivity contribution is -0.305. The molecule has 8 atom stereocenters. The predicted molar refractivity (Wildman–Crippen MR) is 393 cm³/mol. The van der Waals surface area contributed by atoms with Gasteiger partial charge < -0.3 is 45.1 Å². The van der Waals surface area contributed by atoms with Gasteiger partial charge in [0.25, 0.3) is 0 Å². The zero-order valence-electron chi connectivity index (χ0n) is 59.6. The maximum atomic E-state index is 13.5. The number of ether oxygens (including phenoxy) is 3. The van der Waals surface area contributed by atoms with Crippen LogP contribution in [0, 0.1) is 0 Å². The first-order valence-electron chi connectivity index (χ1n) is 38.3. The van der Waals surface area contributed by atoms with E-state index in [0.29, 0.717) is 12.8 Å². The number of carbonyl (C=O) groups is 2. The standard InChI is InChI=1S/C82H141NO10/c1-4-7-10-13-16-19-22-25-27-29-31-33-35-37-39-40-42-44-46-48-51-54-57-60-63-66-69-75(86)81(90)83-73(74(85)68-65-62-59-56-53-50-24-21-18-15-12-9-6-3)72-91-82-80(79(89)78(88)76(71-84)92-82)93-77(87)70-67-64-61-58-55-52-49-47-45-43-41-38-36-34-32-30-28-26-23-20-17-14-11-8-5-2/h7,10,16-17,19-20,25-28,31-34,37,39,42,44,65,68,73-76,78-80,82,84-86,88-89H,4-6,8-9,11-15,18,21-24,29-30,35-36,38,40-41,43,45-64,66-67,69-72H2,1-3H3,(H,83,90)/b10-7-,19-16-,20-17-,27-25-,28-26-,33-31-,34-32-,39-37-,44-42-,68-65+. The molecule has 1 saturated heterocycles. The fourth-order valence-corrected chi connectivity index (χ4v) is 11.4. The van der Waals surface area contributed by atoms with Gasteiger partial charge in [-0.15, -0.1) is 0 Å². The minimum atomic E-state index is -1.62. The summed E-state index contributed by atoms with van der Waals surface area (Å²) in [7, 11) is 0. The molecule has 0 aromatic carbocycles. The summed E-state index contributed by atoms with van der Waals surface area (Å²) in [5.74, 6) is -1.20. The van der Waals surface area contributed by atoms with Crippen molar-refractivity contribution in [2.45, 2.75) is 372 Å². The first kappa shape index (κ1) is 87.1. The number of hydrogen-bond acceptors (Lipinski definition) is 10.